The smallest absolute Gasteiger partial charge is 0.343 e. The van der Waals surface area contributed by atoms with Crippen molar-refractivity contribution in [3.8, 4) is 29.1 Å². The number of ether oxygens (including phenoxy) is 4. The summed E-state index contributed by atoms with van der Waals surface area (Å²) in [6.45, 7) is 7.17. The Kier molecular flexibility index (Phi) is 7.45. The average Bonchev–Trinajstić information content (AvgIpc) is 2.87. The fourth-order valence-corrected chi connectivity index (χ4v) is 3.91. The van der Waals surface area contributed by atoms with Gasteiger partial charge in [0.1, 0.15) is 34.6 Å². The molecule has 36 heavy (non-hydrogen) atoms. The van der Waals surface area contributed by atoms with Crippen LogP contribution in [0.5, 0.6) is 23.0 Å². The molecule has 0 saturated carbocycles. The van der Waals surface area contributed by atoms with Gasteiger partial charge in [-0.3, -0.25) is 0 Å². The number of carbonyl (C=O) groups is 1. The Morgan fingerprint density at radius 3 is 2.47 bits per heavy atom. The van der Waals surface area contributed by atoms with Crippen molar-refractivity contribution in [3.05, 3.63) is 94.9 Å². The maximum absolute atomic E-state index is 12.7. The average molecular weight is 485 g/mol. The molecule has 1 aliphatic rings. The van der Waals surface area contributed by atoms with Crippen LogP contribution < -0.4 is 24.7 Å². The largest absolute Gasteiger partial charge is 0.494 e. The Morgan fingerprint density at radius 2 is 1.78 bits per heavy atom. The van der Waals surface area contributed by atoms with E-state index in [1.165, 1.54) is 0 Å². The summed E-state index contributed by atoms with van der Waals surface area (Å²) in [5, 5.41) is 9.79. The second kappa shape index (κ2) is 10.9. The molecule has 0 aromatic heterocycles. The second-order valence-electron chi connectivity index (χ2n) is 8.75. The summed E-state index contributed by atoms with van der Waals surface area (Å²) in [4.78, 5) is 12.7. The monoisotopic (exact) mass is 484 g/mol. The summed E-state index contributed by atoms with van der Waals surface area (Å²) in [6, 6.07) is 21.6. The van der Waals surface area contributed by atoms with E-state index in [0.717, 1.165) is 11.1 Å². The number of fused-ring (bicyclic) bond motifs is 1. The van der Waals surface area contributed by atoms with Crippen LogP contribution in [0.25, 0.3) is 0 Å². The maximum Gasteiger partial charge on any atom is 0.343 e. The highest BCUT2D eigenvalue weighted by Crippen LogP contribution is 2.44. The molecule has 3 aromatic rings. The lowest BCUT2D eigenvalue weighted by Gasteiger charge is -2.27. The standard InChI is InChI=1S/C29H28N2O5/c1-4-33-22-7-5-6-20(14-22)27-24-13-12-23(15-26(24)36-28(31)25(27)16-30)35-29(32)19-8-10-21(11-9-19)34-17-18(2)3/h5-15,18,27H,4,17,31H2,1-3H3. The van der Waals surface area contributed by atoms with Gasteiger partial charge in [0.15, 0.2) is 0 Å². The molecule has 0 radical (unpaired) electrons. The SMILES string of the molecule is CCOc1cccc(C2C(C#N)=C(N)Oc3cc(OC(=O)c4ccc(OCC(C)C)cc4)ccc32)c1. The van der Waals surface area contributed by atoms with E-state index < -0.39 is 11.9 Å². The first-order valence-electron chi connectivity index (χ1n) is 11.8. The molecule has 2 N–H and O–H groups in total. The van der Waals surface area contributed by atoms with E-state index in [1.54, 1.807) is 42.5 Å². The lowest BCUT2D eigenvalue weighted by Crippen LogP contribution is -2.21. The first-order chi connectivity index (χ1) is 17.4. The van der Waals surface area contributed by atoms with Crippen LogP contribution in [0.15, 0.2) is 78.2 Å². The van der Waals surface area contributed by atoms with Gasteiger partial charge in [0.2, 0.25) is 5.88 Å². The number of rotatable bonds is 8. The molecule has 4 rings (SSSR count). The molecule has 184 valence electrons. The van der Waals surface area contributed by atoms with Crippen molar-refractivity contribution in [2.24, 2.45) is 11.7 Å². The Labute approximate surface area is 210 Å². The highest BCUT2D eigenvalue weighted by atomic mass is 16.5. The zero-order valence-corrected chi connectivity index (χ0v) is 20.5. The van der Waals surface area contributed by atoms with Gasteiger partial charge in [0.25, 0.3) is 0 Å². The normalized spacial score (nSPS) is 14.5. The predicted molar refractivity (Wildman–Crippen MR) is 135 cm³/mol. The maximum atomic E-state index is 12.7. The lowest BCUT2D eigenvalue weighted by molar-refractivity contribution is 0.0734. The number of esters is 1. The van der Waals surface area contributed by atoms with Gasteiger partial charge in [0, 0.05) is 11.6 Å². The summed E-state index contributed by atoms with van der Waals surface area (Å²) in [6.07, 6.45) is 0. The van der Waals surface area contributed by atoms with Crippen molar-refractivity contribution >= 4 is 5.97 Å². The zero-order valence-electron chi connectivity index (χ0n) is 20.5. The minimum absolute atomic E-state index is 0.0114. The molecule has 0 aliphatic carbocycles. The number of hydrogen-bond donors (Lipinski definition) is 1. The first kappa shape index (κ1) is 24.7. The van der Waals surface area contributed by atoms with Gasteiger partial charge < -0.3 is 24.7 Å². The van der Waals surface area contributed by atoms with Crippen LogP contribution in [0, 0.1) is 17.2 Å². The van der Waals surface area contributed by atoms with Crippen LogP contribution >= 0.6 is 0 Å². The number of carbonyl (C=O) groups excluding carboxylic acids is 1. The van der Waals surface area contributed by atoms with Crippen molar-refractivity contribution < 1.29 is 23.7 Å². The molecule has 0 bridgehead atoms. The van der Waals surface area contributed by atoms with Gasteiger partial charge in [-0.1, -0.05) is 32.0 Å². The molecule has 1 atom stereocenters. The van der Waals surface area contributed by atoms with Crippen LogP contribution in [-0.4, -0.2) is 19.2 Å². The number of nitriles is 1. The molecule has 1 unspecified atom stereocenters. The van der Waals surface area contributed by atoms with E-state index in [0.29, 0.717) is 53.3 Å². The minimum Gasteiger partial charge on any atom is -0.494 e. The Balaban J connectivity index is 1.57. The predicted octanol–water partition coefficient (Wildman–Crippen LogP) is 5.56. The van der Waals surface area contributed by atoms with E-state index in [4.69, 9.17) is 24.7 Å². The number of nitrogens with two attached hydrogens (primary N) is 1. The molecular weight excluding hydrogens is 456 g/mol. The Hall–Kier alpha value is -4.44. The van der Waals surface area contributed by atoms with E-state index in [9.17, 15) is 10.1 Å². The summed E-state index contributed by atoms with van der Waals surface area (Å²) in [5.41, 5.74) is 8.39. The molecule has 0 spiro atoms. The third-order valence-electron chi connectivity index (χ3n) is 5.58. The topological polar surface area (TPSA) is 104 Å². The van der Waals surface area contributed by atoms with Crippen molar-refractivity contribution in [1.29, 1.82) is 5.26 Å². The van der Waals surface area contributed by atoms with Crippen LogP contribution in [0.4, 0.5) is 0 Å². The summed E-state index contributed by atoms with van der Waals surface area (Å²) >= 11 is 0. The van der Waals surface area contributed by atoms with Gasteiger partial charge in [-0.25, -0.2) is 4.79 Å². The van der Waals surface area contributed by atoms with Gasteiger partial charge in [-0.05, 0) is 60.9 Å². The third-order valence-corrected chi connectivity index (χ3v) is 5.58. The van der Waals surface area contributed by atoms with Crippen LogP contribution in [0.3, 0.4) is 0 Å². The van der Waals surface area contributed by atoms with Gasteiger partial charge in [-0.2, -0.15) is 5.26 Å². The van der Waals surface area contributed by atoms with Crippen LogP contribution in [0.1, 0.15) is 48.2 Å². The molecule has 0 saturated heterocycles. The zero-order chi connectivity index (χ0) is 25.7. The Morgan fingerprint density at radius 1 is 1.03 bits per heavy atom. The first-order valence-corrected chi connectivity index (χ1v) is 11.8. The number of benzene rings is 3. The van der Waals surface area contributed by atoms with E-state index in [1.807, 2.05) is 31.2 Å². The van der Waals surface area contributed by atoms with E-state index in [-0.39, 0.29) is 5.88 Å². The molecular formula is C29H28N2O5. The quantitative estimate of drug-likeness (QED) is 0.330. The summed E-state index contributed by atoms with van der Waals surface area (Å²) < 4.78 is 22.6. The summed E-state index contributed by atoms with van der Waals surface area (Å²) in [5.74, 6) is 1.57. The van der Waals surface area contributed by atoms with Crippen molar-refractivity contribution in [3.63, 3.8) is 0 Å². The number of nitrogens with zero attached hydrogens (tertiary/aromatic N) is 1. The lowest BCUT2D eigenvalue weighted by atomic mass is 9.83. The molecule has 0 fully saturated rings. The second-order valence-corrected chi connectivity index (χ2v) is 8.75. The molecule has 7 nitrogen and oxygen atoms in total. The van der Waals surface area contributed by atoms with Gasteiger partial charge >= 0.3 is 5.97 Å². The van der Waals surface area contributed by atoms with Crippen molar-refractivity contribution in [1.82, 2.24) is 0 Å². The molecule has 3 aromatic carbocycles. The van der Waals surface area contributed by atoms with Crippen molar-refractivity contribution in [2.45, 2.75) is 26.7 Å². The van der Waals surface area contributed by atoms with E-state index in [2.05, 4.69) is 19.9 Å². The molecule has 7 heteroatoms. The fraction of sp³-hybridized carbons (Fsp3) is 0.241. The highest BCUT2D eigenvalue weighted by molar-refractivity contribution is 5.91. The number of allylic oxidation sites excluding steroid dienone is 1. The highest BCUT2D eigenvalue weighted by Gasteiger charge is 2.31. The van der Waals surface area contributed by atoms with Crippen LogP contribution in [0.2, 0.25) is 0 Å². The van der Waals surface area contributed by atoms with Gasteiger partial charge in [-0.15, -0.1) is 0 Å². The van der Waals surface area contributed by atoms with E-state index >= 15 is 0 Å². The third kappa shape index (κ3) is 5.44. The Bertz CT molecular complexity index is 1320. The summed E-state index contributed by atoms with van der Waals surface area (Å²) in [7, 11) is 0. The fourth-order valence-electron chi connectivity index (χ4n) is 3.91. The van der Waals surface area contributed by atoms with Crippen molar-refractivity contribution in [2.75, 3.05) is 13.2 Å². The van der Waals surface area contributed by atoms with Crippen LogP contribution in [-0.2, 0) is 0 Å². The minimum atomic E-state index is -0.511. The number of hydrogen-bond acceptors (Lipinski definition) is 7. The molecule has 1 aliphatic heterocycles. The van der Waals surface area contributed by atoms with Gasteiger partial charge in [0.05, 0.1) is 24.7 Å². The molecule has 1 heterocycles. The molecule has 0 amide bonds.